The first-order valence-electron chi connectivity index (χ1n) is 7.67. The monoisotopic (exact) mass is 382 g/mol. The second-order valence-corrected chi connectivity index (χ2v) is 8.84. The largest absolute Gasteiger partial charge is 0.480 e. The van der Waals surface area contributed by atoms with Crippen molar-refractivity contribution in [2.45, 2.75) is 29.5 Å². The van der Waals surface area contributed by atoms with Crippen molar-refractivity contribution in [2.24, 2.45) is 4.99 Å². The number of hydrogen-bond donors (Lipinski definition) is 1. The highest BCUT2D eigenvalue weighted by Gasteiger charge is 2.69. The number of ketones is 1. The number of aliphatic imine (C=N–C) groups is 1. The molecule has 3 rings (SSSR count). The third-order valence-electron chi connectivity index (χ3n) is 4.72. The Morgan fingerprint density at radius 3 is 2.54 bits per heavy atom. The van der Waals surface area contributed by atoms with Crippen LogP contribution in [0.2, 0.25) is 0 Å². The van der Waals surface area contributed by atoms with Gasteiger partial charge in [0.2, 0.25) is 5.91 Å². The molecule has 3 atom stereocenters. The lowest BCUT2D eigenvalue weighted by Gasteiger charge is -2.35. The average Bonchev–Trinajstić information content (AvgIpc) is 2.70. The summed E-state index contributed by atoms with van der Waals surface area (Å²) in [5.41, 5.74) is 0.191. The number of aliphatic carboxylic acids is 1. The first kappa shape index (κ1) is 18.2. The molecule has 138 valence electrons. The van der Waals surface area contributed by atoms with E-state index in [-0.39, 0.29) is 12.0 Å². The van der Waals surface area contributed by atoms with Crippen LogP contribution >= 0.6 is 0 Å². The summed E-state index contributed by atoms with van der Waals surface area (Å²) in [6.45, 7) is 0.750. The number of rotatable bonds is 5. The highest BCUT2D eigenvalue weighted by molar-refractivity contribution is 7.94. The van der Waals surface area contributed by atoms with Crippen molar-refractivity contribution >= 4 is 33.7 Å². The number of nitrogens with zero attached hydrogens (tertiary/aromatic N) is 2. The number of Topliss-reactive ketones (excluding diaryl/α,β-unsaturated/α-hetero) is 1. The number of hydrogen-bond acceptors (Lipinski definition) is 6. The van der Waals surface area contributed by atoms with Crippen molar-refractivity contribution < 1.29 is 32.3 Å². The Hall–Kier alpha value is -2.62. The molecule has 2 saturated heterocycles. The molecule has 10 heteroatoms. The van der Waals surface area contributed by atoms with Gasteiger partial charge in [-0.25, -0.2) is 17.6 Å². The fraction of sp³-hybridized carbons (Fsp3) is 0.375. The maximum atomic E-state index is 12.9. The summed E-state index contributed by atoms with van der Waals surface area (Å²) in [4.78, 5) is 39.9. The van der Waals surface area contributed by atoms with Crippen LogP contribution in [0.15, 0.2) is 29.3 Å². The maximum absolute atomic E-state index is 12.9. The van der Waals surface area contributed by atoms with Crippen LogP contribution in [0, 0.1) is 5.82 Å². The highest BCUT2D eigenvalue weighted by Crippen LogP contribution is 2.45. The number of fused-ring (bicyclic) bond motifs is 1. The molecule has 1 N–H and O–H groups in total. The van der Waals surface area contributed by atoms with Crippen LogP contribution in [0.1, 0.15) is 23.7 Å². The summed E-state index contributed by atoms with van der Waals surface area (Å²) < 4.78 is 36.2. The van der Waals surface area contributed by atoms with Gasteiger partial charge in [-0.2, -0.15) is 0 Å². The van der Waals surface area contributed by atoms with Gasteiger partial charge in [0.25, 0.3) is 0 Å². The summed E-state index contributed by atoms with van der Waals surface area (Å²) in [5, 5.41) is 8.23. The molecule has 0 aliphatic carbocycles. The van der Waals surface area contributed by atoms with Gasteiger partial charge in [0.1, 0.15) is 22.5 Å². The Labute approximate surface area is 148 Å². The molecular formula is C16H15FN2O6S. The van der Waals surface area contributed by atoms with Crippen molar-refractivity contribution in [3.05, 3.63) is 35.6 Å². The van der Waals surface area contributed by atoms with Crippen LogP contribution in [0.25, 0.3) is 0 Å². The maximum Gasteiger partial charge on any atom is 0.328 e. The molecule has 0 unspecified atom stereocenters. The molecular weight excluding hydrogens is 367 g/mol. The van der Waals surface area contributed by atoms with Crippen LogP contribution in [0.5, 0.6) is 0 Å². The summed E-state index contributed by atoms with van der Waals surface area (Å²) >= 11 is 0. The Morgan fingerprint density at radius 1 is 1.38 bits per heavy atom. The van der Waals surface area contributed by atoms with E-state index in [1.54, 1.807) is 0 Å². The van der Waals surface area contributed by atoms with Gasteiger partial charge < -0.3 is 10.0 Å². The van der Waals surface area contributed by atoms with Gasteiger partial charge in [-0.05, 0) is 31.2 Å². The topological polar surface area (TPSA) is 121 Å². The molecule has 1 aromatic carbocycles. The number of carbonyl (C=O) groups excluding carboxylic acids is 2. The van der Waals surface area contributed by atoms with Gasteiger partial charge >= 0.3 is 5.97 Å². The molecule has 1 amide bonds. The van der Waals surface area contributed by atoms with Crippen LogP contribution < -0.4 is 0 Å². The van der Waals surface area contributed by atoms with E-state index < -0.39 is 56.0 Å². The minimum atomic E-state index is -4.01. The predicted molar refractivity (Wildman–Crippen MR) is 88.1 cm³/mol. The standard InChI is InChI=1S/C16H15FN2O6S/c1-16(8-18-7-11(20)9-2-4-10(17)5-3-9)14(15(22)23)19-12(21)6-13(19)26(16,24)25/h2-5,8,13-14H,6-7H2,1H3,(H,22,23)/t13-,14+,16+/m1/s1. The molecule has 0 spiro atoms. The molecule has 2 heterocycles. The molecule has 1 aromatic rings. The average molecular weight is 382 g/mol. The van der Waals surface area contributed by atoms with Gasteiger partial charge in [0.05, 0.1) is 6.42 Å². The van der Waals surface area contributed by atoms with Crippen molar-refractivity contribution in [1.29, 1.82) is 0 Å². The fourth-order valence-electron chi connectivity index (χ4n) is 3.24. The first-order valence-corrected chi connectivity index (χ1v) is 9.21. The SMILES string of the molecule is C[C@]1(C=NCC(=O)c2ccc(F)cc2)[C@H](C(=O)O)N2C(=O)C[C@H]2S1(=O)=O. The smallest absolute Gasteiger partial charge is 0.328 e. The second-order valence-electron chi connectivity index (χ2n) is 6.33. The van der Waals surface area contributed by atoms with Gasteiger partial charge in [0, 0.05) is 11.8 Å². The molecule has 0 radical (unpaired) electrons. The van der Waals surface area contributed by atoms with Gasteiger partial charge in [0.15, 0.2) is 21.7 Å². The van der Waals surface area contributed by atoms with Crippen LogP contribution in [-0.2, 0) is 19.4 Å². The van der Waals surface area contributed by atoms with Gasteiger partial charge in [-0.1, -0.05) is 0 Å². The zero-order valence-corrected chi connectivity index (χ0v) is 14.4. The minimum Gasteiger partial charge on any atom is -0.480 e. The Kier molecular flexibility index (Phi) is 4.18. The quantitative estimate of drug-likeness (QED) is 0.443. The molecule has 2 aliphatic rings. The van der Waals surface area contributed by atoms with Crippen LogP contribution in [-0.4, -0.2) is 65.0 Å². The van der Waals surface area contributed by atoms with Crippen molar-refractivity contribution in [3.63, 3.8) is 0 Å². The number of carbonyl (C=O) groups is 3. The van der Waals surface area contributed by atoms with Gasteiger partial charge in [-0.3, -0.25) is 14.6 Å². The number of halogens is 1. The third-order valence-corrected chi connectivity index (χ3v) is 7.39. The number of amides is 1. The highest BCUT2D eigenvalue weighted by atomic mass is 32.2. The summed E-state index contributed by atoms with van der Waals surface area (Å²) in [5.74, 6) is -2.99. The number of benzene rings is 1. The predicted octanol–water partition coefficient (Wildman–Crippen LogP) is 0.278. The van der Waals surface area contributed by atoms with E-state index in [0.29, 0.717) is 0 Å². The van der Waals surface area contributed by atoms with E-state index in [9.17, 15) is 32.3 Å². The molecule has 2 aliphatic heterocycles. The van der Waals surface area contributed by atoms with E-state index in [4.69, 9.17) is 0 Å². The second kappa shape index (κ2) is 5.97. The Bertz CT molecular complexity index is 927. The lowest BCUT2D eigenvalue weighted by molar-refractivity contribution is -0.156. The molecule has 0 bridgehead atoms. The molecule has 0 aromatic heterocycles. The molecule has 8 nitrogen and oxygen atoms in total. The van der Waals surface area contributed by atoms with Crippen molar-refractivity contribution in [1.82, 2.24) is 4.90 Å². The fourth-order valence-corrected chi connectivity index (χ4v) is 5.47. The van der Waals surface area contributed by atoms with Crippen molar-refractivity contribution in [3.8, 4) is 0 Å². The normalized spacial score (nSPS) is 29.5. The Balaban J connectivity index is 1.85. The van der Waals surface area contributed by atoms with Crippen LogP contribution in [0.4, 0.5) is 4.39 Å². The number of β-lactam (4-membered cyclic amide) rings is 1. The van der Waals surface area contributed by atoms with Crippen LogP contribution in [0.3, 0.4) is 0 Å². The number of carboxylic acid groups (broad SMARTS) is 1. The molecule has 26 heavy (non-hydrogen) atoms. The first-order chi connectivity index (χ1) is 12.1. The molecule has 0 saturated carbocycles. The van der Waals surface area contributed by atoms with E-state index >= 15 is 0 Å². The van der Waals surface area contributed by atoms with E-state index in [0.717, 1.165) is 23.2 Å². The third kappa shape index (κ3) is 2.52. The number of sulfone groups is 1. The lowest BCUT2D eigenvalue weighted by Crippen LogP contribution is -2.57. The van der Waals surface area contributed by atoms with E-state index in [2.05, 4.69) is 4.99 Å². The zero-order chi connectivity index (χ0) is 19.3. The number of carboxylic acids is 1. The summed E-state index contributed by atoms with van der Waals surface area (Å²) in [6, 6.07) is 3.16. The van der Waals surface area contributed by atoms with Gasteiger partial charge in [-0.15, -0.1) is 0 Å². The summed E-state index contributed by atoms with van der Waals surface area (Å²) in [6.07, 6.45) is 0.665. The zero-order valence-electron chi connectivity index (χ0n) is 13.6. The minimum absolute atomic E-state index is 0.191. The van der Waals surface area contributed by atoms with E-state index in [1.165, 1.54) is 19.1 Å². The van der Waals surface area contributed by atoms with E-state index in [1.807, 2.05) is 0 Å². The summed E-state index contributed by atoms with van der Waals surface area (Å²) in [7, 11) is -4.01. The Morgan fingerprint density at radius 2 is 2.00 bits per heavy atom. The van der Waals surface area contributed by atoms with Crippen molar-refractivity contribution in [2.75, 3.05) is 6.54 Å². The molecule has 2 fully saturated rings. The lowest BCUT2D eigenvalue weighted by atomic mass is 9.97.